The number of aliphatic hydroxyl groups is 1. The van der Waals surface area contributed by atoms with Gasteiger partial charge < -0.3 is 14.7 Å². The highest BCUT2D eigenvalue weighted by molar-refractivity contribution is 5.43. The van der Waals surface area contributed by atoms with E-state index in [1.807, 2.05) is 12.1 Å². The maximum atomic E-state index is 10.3. The van der Waals surface area contributed by atoms with E-state index in [1.165, 1.54) is 0 Å². The van der Waals surface area contributed by atoms with Gasteiger partial charge in [-0.2, -0.15) is 5.26 Å². The van der Waals surface area contributed by atoms with Crippen molar-refractivity contribution < 1.29 is 9.84 Å². The number of aliphatic hydroxyl groups excluding tert-OH is 1. The molecule has 1 saturated carbocycles. The molecule has 1 aromatic heterocycles. The highest BCUT2D eigenvalue weighted by Crippen LogP contribution is 2.32. The molecule has 3 unspecified atom stereocenters. The van der Waals surface area contributed by atoms with Crippen LogP contribution in [0.25, 0.3) is 0 Å². The van der Waals surface area contributed by atoms with Crippen LogP contribution in [0.3, 0.4) is 0 Å². The molecule has 2 heterocycles. The standard InChI is InChI=1S/C16H21N3O2/c17-10-12-4-3-7-16(18-12)19-8-9-21-11-14(19)13-5-1-2-6-15(13)20/h3-4,7,13-15,20H,1-2,5-6,8-9,11H2. The molecular formula is C16H21N3O2. The van der Waals surface area contributed by atoms with E-state index in [0.29, 0.717) is 18.9 Å². The van der Waals surface area contributed by atoms with E-state index < -0.39 is 0 Å². The van der Waals surface area contributed by atoms with Crippen LogP contribution in [0.2, 0.25) is 0 Å². The third-order valence-electron chi connectivity index (χ3n) is 4.58. The average Bonchev–Trinajstić information content (AvgIpc) is 2.55. The lowest BCUT2D eigenvalue weighted by atomic mass is 9.80. The second kappa shape index (κ2) is 6.42. The number of rotatable bonds is 2. The summed E-state index contributed by atoms with van der Waals surface area (Å²) in [5.74, 6) is 1.05. The van der Waals surface area contributed by atoms with E-state index in [-0.39, 0.29) is 18.1 Å². The Balaban J connectivity index is 1.85. The number of ether oxygens (including phenoxy) is 1. The Morgan fingerprint density at radius 1 is 1.33 bits per heavy atom. The number of hydrogen-bond acceptors (Lipinski definition) is 5. The second-order valence-electron chi connectivity index (χ2n) is 5.84. The lowest BCUT2D eigenvalue weighted by Gasteiger charge is -2.44. The summed E-state index contributed by atoms with van der Waals surface area (Å²) < 4.78 is 5.65. The van der Waals surface area contributed by atoms with Crippen LogP contribution in [-0.2, 0) is 4.74 Å². The van der Waals surface area contributed by atoms with Crippen LogP contribution in [0.4, 0.5) is 5.82 Å². The van der Waals surface area contributed by atoms with Crippen LogP contribution < -0.4 is 4.90 Å². The van der Waals surface area contributed by atoms with Gasteiger partial charge in [-0.1, -0.05) is 18.9 Å². The number of nitriles is 1. The van der Waals surface area contributed by atoms with Gasteiger partial charge in [0.05, 0.1) is 25.4 Å². The molecule has 1 aromatic rings. The molecule has 0 aromatic carbocycles. The first-order valence-corrected chi connectivity index (χ1v) is 7.69. The molecule has 0 amide bonds. The van der Waals surface area contributed by atoms with Crippen LogP contribution in [0, 0.1) is 17.2 Å². The monoisotopic (exact) mass is 287 g/mol. The lowest BCUT2D eigenvalue weighted by Crippen LogP contribution is -2.53. The molecule has 112 valence electrons. The van der Waals surface area contributed by atoms with Crippen molar-refractivity contribution in [1.82, 2.24) is 4.98 Å². The summed E-state index contributed by atoms with van der Waals surface area (Å²) >= 11 is 0. The minimum absolute atomic E-state index is 0.149. The summed E-state index contributed by atoms with van der Waals surface area (Å²) in [5.41, 5.74) is 0.432. The van der Waals surface area contributed by atoms with E-state index in [9.17, 15) is 5.11 Å². The Hall–Kier alpha value is -1.64. The third kappa shape index (κ3) is 3.02. The molecule has 1 aliphatic carbocycles. The van der Waals surface area contributed by atoms with E-state index in [4.69, 9.17) is 10.00 Å². The zero-order valence-electron chi connectivity index (χ0n) is 12.1. The number of nitrogens with zero attached hydrogens (tertiary/aromatic N) is 3. The average molecular weight is 287 g/mol. The van der Waals surface area contributed by atoms with Crippen LogP contribution in [0.15, 0.2) is 18.2 Å². The maximum absolute atomic E-state index is 10.3. The molecule has 2 fully saturated rings. The maximum Gasteiger partial charge on any atom is 0.142 e. The van der Waals surface area contributed by atoms with Crippen molar-refractivity contribution in [1.29, 1.82) is 5.26 Å². The van der Waals surface area contributed by atoms with Crippen molar-refractivity contribution in [3.05, 3.63) is 23.9 Å². The highest BCUT2D eigenvalue weighted by atomic mass is 16.5. The molecule has 1 saturated heterocycles. The summed E-state index contributed by atoms with van der Waals surface area (Å²) in [6.45, 7) is 2.05. The van der Waals surface area contributed by atoms with E-state index in [2.05, 4.69) is 16.0 Å². The number of hydrogen-bond donors (Lipinski definition) is 1. The molecule has 5 heteroatoms. The molecule has 1 aliphatic heterocycles. The molecule has 0 radical (unpaired) electrons. The zero-order chi connectivity index (χ0) is 14.7. The normalized spacial score (nSPS) is 29.9. The Bertz CT molecular complexity index is 528. The number of pyridine rings is 1. The quantitative estimate of drug-likeness (QED) is 0.896. The van der Waals surface area contributed by atoms with Crippen LogP contribution in [-0.4, -0.2) is 42.0 Å². The summed E-state index contributed by atoms with van der Waals surface area (Å²) in [6, 6.07) is 7.76. The molecule has 3 atom stereocenters. The Labute approximate surface area is 125 Å². The molecule has 2 aliphatic rings. The molecule has 0 spiro atoms. The minimum Gasteiger partial charge on any atom is -0.393 e. The predicted octanol–water partition coefficient (Wildman–Crippen LogP) is 1.71. The third-order valence-corrected chi connectivity index (χ3v) is 4.58. The Kier molecular flexibility index (Phi) is 4.37. The molecule has 5 nitrogen and oxygen atoms in total. The molecule has 3 rings (SSSR count). The van der Waals surface area contributed by atoms with Gasteiger partial charge in [0.2, 0.25) is 0 Å². The smallest absolute Gasteiger partial charge is 0.142 e. The van der Waals surface area contributed by atoms with E-state index in [0.717, 1.165) is 38.0 Å². The minimum atomic E-state index is -0.257. The highest BCUT2D eigenvalue weighted by Gasteiger charge is 2.36. The number of anilines is 1. The Morgan fingerprint density at radius 2 is 2.19 bits per heavy atom. The van der Waals surface area contributed by atoms with Gasteiger partial charge in [-0.05, 0) is 25.0 Å². The van der Waals surface area contributed by atoms with Gasteiger partial charge >= 0.3 is 0 Å². The van der Waals surface area contributed by atoms with Crippen molar-refractivity contribution >= 4 is 5.82 Å². The summed E-state index contributed by atoms with van der Waals surface area (Å²) in [6.07, 6.45) is 3.92. The predicted molar refractivity (Wildman–Crippen MR) is 78.9 cm³/mol. The first kappa shape index (κ1) is 14.3. The Morgan fingerprint density at radius 3 is 3.00 bits per heavy atom. The number of aromatic nitrogens is 1. The van der Waals surface area contributed by atoms with E-state index >= 15 is 0 Å². The summed E-state index contributed by atoms with van der Waals surface area (Å²) in [5, 5.41) is 19.4. The van der Waals surface area contributed by atoms with Crippen molar-refractivity contribution in [3.8, 4) is 6.07 Å². The van der Waals surface area contributed by atoms with Crippen molar-refractivity contribution in [2.45, 2.75) is 37.8 Å². The molecule has 0 bridgehead atoms. The second-order valence-corrected chi connectivity index (χ2v) is 5.84. The van der Waals surface area contributed by atoms with Gasteiger partial charge in [0, 0.05) is 12.5 Å². The van der Waals surface area contributed by atoms with Gasteiger partial charge in [-0.15, -0.1) is 0 Å². The van der Waals surface area contributed by atoms with Crippen LogP contribution in [0.1, 0.15) is 31.4 Å². The fourth-order valence-electron chi connectivity index (χ4n) is 3.50. The molecule has 1 N–H and O–H groups in total. The fraction of sp³-hybridized carbons (Fsp3) is 0.625. The molecular weight excluding hydrogens is 266 g/mol. The van der Waals surface area contributed by atoms with Crippen molar-refractivity contribution in [3.63, 3.8) is 0 Å². The summed E-state index contributed by atoms with van der Waals surface area (Å²) in [7, 11) is 0. The van der Waals surface area contributed by atoms with Gasteiger partial charge in [0.25, 0.3) is 0 Å². The van der Waals surface area contributed by atoms with Crippen molar-refractivity contribution in [2.75, 3.05) is 24.7 Å². The van der Waals surface area contributed by atoms with Gasteiger partial charge in [-0.25, -0.2) is 4.98 Å². The van der Waals surface area contributed by atoms with Crippen molar-refractivity contribution in [2.24, 2.45) is 5.92 Å². The fourth-order valence-corrected chi connectivity index (χ4v) is 3.50. The van der Waals surface area contributed by atoms with Gasteiger partial charge in [-0.3, -0.25) is 0 Å². The topological polar surface area (TPSA) is 69.4 Å². The first-order valence-electron chi connectivity index (χ1n) is 7.69. The first-order chi connectivity index (χ1) is 10.3. The lowest BCUT2D eigenvalue weighted by molar-refractivity contribution is 0.00841. The molecule has 21 heavy (non-hydrogen) atoms. The van der Waals surface area contributed by atoms with Gasteiger partial charge in [0.15, 0.2) is 0 Å². The largest absolute Gasteiger partial charge is 0.393 e. The SMILES string of the molecule is N#Cc1cccc(N2CCOCC2C2CCCCC2O)n1. The zero-order valence-corrected chi connectivity index (χ0v) is 12.1. The van der Waals surface area contributed by atoms with Gasteiger partial charge in [0.1, 0.15) is 17.6 Å². The summed E-state index contributed by atoms with van der Waals surface area (Å²) in [4.78, 5) is 6.62. The van der Waals surface area contributed by atoms with Crippen LogP contribution in [0.5, 0.6) is 0 Å². The van der Waals surface area contributed by atoms with Crippen LogP contribution >= 0.6 is 0 Å². The number of morpholine rings is 1. The van der Waals surface area contributed by atoms with E-state index in [1.54, 1.807) is 6.07 Å².